The third-order valence-electron chi connectivity index (χ3n) is 2.50. The van der Waals surface area contributed by atoms with Gasteiger partial charge in [0, 0.05) is 12.6 Å². The van der Waals surface area contributed by atoms with Crippen molar-refractivity contribution >= 4 is 17.6 Å². The molecule has 0 aliphatic rings. The summed E-state index contributed by atoms with van der Waals surface area (Å²) in [6.45, 7) is 3.34. The summed E-state index contributed by atoms with van der Waals surface area (Å²) in [5.41, 5.74) is 1.16. The number of carbonyl (C=O) groups is 2. The second kappa shape index (κ2) is 4.93. The van der Waals surface area contributed by atoms with Crippen LogP contribution in [-0.4, -0.2) is 22.0 Å². The Morgan fingerprint density at radius 2 is 1.84 bits per heavy atom. The normalized spacial score (nSPS) is 10.2. The molecule has 6 heteroatoms. The number of aromatic carboxylic acids is 1. The lowest BCUT2D eigenvalue weighted by Crippen LogP contribution is -2.12. The first-order chi connectivity index (χ1) is 8.97. The maximum atomic E-state index is 11.9. The fourth-order valence-electron chi connectivity index (χ4n) is 1.63. The highest BCUT2D eigenvalue weighted by Crippen LogP contribution is 2.14. The van der Waals surface area contributed by atoms with Gasteiger partial charge < -0.3 is 14.8 Å². The molecule has 1 aromatic carbocycles. The van der Waals surface area contributed by atoms with Crippen molar-refractivity contribution in [3.8, 4) is 0 Å². The minimum Gasteiger partial charge on any atom is -0.478 e. The molecule has 0 spiro atoms. The highest BCUT2D eigenvalue weighted by Gasteiger charge is 2.16. The number of aryl methyl sites for hydroxylation is 2. The molecule has 6 nitrogen and oxygen atoms in total. The second-order valence-electron chi connectivity index (χ2n) is 3.98. The van der Waals surface area contributed by atoms with E-state index in [0.29, 0.717) is 17.3 Å². The van der Waals surface area contributed by atoms with E-state index in [-0.39, 0.29) is 11.3 Å². The number of aromatic nitrogens is 1. The van der Waals surface area contributed by atoms with Gasteiger partial charge in [-0.1, -0.05) is 0 Å². The Kier molecular flexibility index (Phi) is 3.33. The molecule has 1 amide bonds. The van der Waals surface area contributed by atoms with Crippen molar-refractivity contribution in [2.24, 2.45) is 0 Å². The van der Waals surface area contributed by atoms with Gasteiger partial charge in [0.05, 0.1) is 11.3 Å². The lowest BCUT2D eigenvalue weighted by Gasteiger charge is -2.03. The van der Waals surface area contributed by atoms with E-state index in [1.807, 2.05) is 0 Å². The van der Waals surface area contributed by atoms with E-state index >= 15 is 0 Å². The SMILES string of the molecule is Cc1nc(C)c(C(=O)Nc2ccc(C(=O)O)cc2)o1. The standard InChI is InChI=1S/C13H12N2O4/c1-7-11(19-8(2)14-7)12(16)15-10-5-3-9(4-6-10)13(17)18/h3-6H,1-2H3,(H,15,16)(H,17,18). The van der Waals surface area contributed by atoms with Crippen LogP contribution in [0.1, 0.15) is 32.5 Å². The van der Waals surface area contributed by atoms with Gasteiger partial charge in [0.2, 0.25) is 5.76 Å². The van der Waals surface area contributed by atoms with Crippen LogP contribution in [0.2, 0.25) is 0 Å². The van der Waals surface area contributed by atoms with E-state index in [1.54, 1.807) is 13.8 Å². The number of oxazole rings is 1. The number of carboxylic acids is 1. The largest absolute Gasteiger partial charge is 0.478 e. The maximum Gasteiger partial charge on any atom is 0.335 e. The van der Waals surface area contributed by atoms with Gasteiger partial charge in [-0.15, -0.1) is 0 Å². The van der Waals surface area contributed by atoms with Crippen LogP contribution >= 0.6 is 0 Å². The first-order valence-electron chi connectivity index (χ1n) is 5.56. The molecule has 0 saturated carbocycles. The molecule has 2 aromatic rings. The number of hydrogen-bond acceptors (Lipinski definition) is 4. The third kappa shape index (κ3) is 2.79. The smallest absolute Gasteiger partial charge is 0.335 e. The average Bonchev–Trinajstić information content (AvgIpc) is 2.69. The third-order valence-corrected chi connectivity index (χ3v) is 2.50. The first-order valence-corrected chi connectivity index (χ1v) is 5.56. The molecule has 0 atom stereocenters. The van der Waals surface area contributed by atoms with Crippen molar-refractivity contribution in [3.63, 3.8) is 0 Å². The van der Waals surface area contributed by atoms with Crippen LogP contribution in [0, 0.1) is 13.8 Å². The van der Waals surface area contributed by atoms with E-state index in [0.717, 1.165) is 0 Å². The molecule has 0 radical (unpaired) electrons. The molecule has 98 valence electrons. The minimum atomic E-state index is -1.01. The van der Waals surface area contributed by atoms with E-state index in [9.17, 15) is 9.59 Å². The maximum absolute atomic E-state index is 11.9. The monoisotopic (exact) mass is 260 g/mol. The zero-order valence-electron chi connectivity index (χ0n) is 10.4. The fourth-order valence-corrected chi connectivity index (χ4v) is 1.63. The molecule has 2 rings (SSSR count). The summed E-state index contributed by atoms with van der Waals surface area (Å²) in [7, 11) is 0. The van der Waals surface area contributed by atoms with Gasteiger partial charge >= 0.3 is 5.97 Å². The van der Waals surface area contributed by atoms with E-state index < -0.39 is 11.9 Å². The predicted octanol–water partition coefficient (Wildman–Crippen LogP) is 2.24. The molecular weight excluding hydrogens is 248 g/mol. The van der Waals surface area contributed by atoms with Crippen molar-refractivity contribution < 1.29 is 19.1 Å². The van der Waals surface area contributed by atoms with Crippen LogP contribution < -0.4 is 5.32 Å². The van der Waals surface area contributed by atoms with Crippen molar-refractivity contribution in [2.45, 2.75) is 13.8 Å². The molecular formula is C13H12N2O4. The molecule has 1 heterocycles. The van der Waals surface area contributed by atoms with Crippen LogP contribution in [0.25, 0.3) is 0 Å². The van der Waals surface area contributed by atoms with Crippen LogP contribution in [0.15, 0.2) is 28.7 Å². The van der Waals surface area contributed by atoms with Crippen molar-refractivity contribution in [1.82, 2.24) is 4.98 Å². The summed E-state index contributed by atoms with van der Waals surface area (Å²) < 4.78 is 5.19. The molecule has 0 bridgehead atoms. The molecule has 0 saturated heterocycles. The van der Waals surface area contributed by atoms with Gasteiger partial charge in [0.1, 0.15) is 0 Å². The van der Waals surface area contributed by atoms with Crippen molar-refractivity contribution in [3.05, 3.63) is 47.2 Å². The van der Waals surface area contributed by atoms with Gasteiger partial charge in [0.15, 0.2) is 5.89 Å². The zero-order valence-corrected chi connectivity index (χ0v) is 10.4. The lowest BCUT2D eigenvalue weighted by atomic mass is 10.2. The number of carboxylic acid groups (broad SMARTS) is 1. The average molecular weight is 260 g/mol. The van der Waals surface area contributed by atoms with E-state index in [1.165, 1.54) is 24.3 Å². The number of rotatable bonds is 3. The molecule has 0 aliphatic heterocycles. The highest BCUT2D eigenvalue weighted by molar-refractivity contribution is 6.03. The number of carbonyl (C=O) groups excluding carboxylic acids is 1. The Bertz CT molecular complexity index is 629. The Morgan fingerprint density at radius 1 is 1.21 bits per heavy atom. The summed E-state index contributed by atoms with van der Waals surface area (Å²) in [6, 6.07) is 5.85. The van der Waals surface area contributed by atoms with Crippen LogP contribution in [0.3, 0.4) is 0 Å². The minimum absolute atomic E-state index is 0.153. The summed E-state index contributed by atoms with van der Waals surface area (Å²) >= 11 is 0. The van der Waals surface area contributed by atoms with Crippen molar-refractivity contribution in [2.75, 3.05) is 5.32 Å². The Labute approximate surface area is 109 Å². The molecule has 0 fully saturated rings. The number of nitrogens with one attached hydrogen (secondary N) is 1. The zero-order chi connectivity index (χ0) is 14.0. The molecule has 0 unspecified atom stereocenters. The number of hydrogen-bond donors (Lipinski definition) is 2. The first kappa shape index (κ1) is 12.8. The van der Waals surface area contributed by atoms with Crippen LogP contribution in [0.4, 0.5) is 5.69 Å². The van der Waals surface area contributed by atoms with Gasteiger partial charge in [-0.2, -0.15) is 0 Å². The predicted molar refractivity (Wildman–Crippen MR) is 67.3 cm³/mol. The van der Waals surface area contributed by atoms with E-state index in [2.05, 4.69) is 10.3 Å². The Hall–Kier alpha value is -2.63. The fraction of sp³-hybridized carbons (Fsp3) is 0.154. The van der Waals surface area contributed by atoms with Crippen LogP contribution in [0.5, 0.6) is 0 Å². The topological polar surface area (TPSA) is 92.4 Å². The quantitative estimate of drug-likeness (QED) is 0.882. The summed E-state index contributed by atoms with van der Waals surface area (Å²) in [5, 5.41) is 11.4. The molecule has 2 N–H and O–H groups in total. The lowest BCUT2D eigenvalue weighted by molar-refractivity contribution is 0.0696. The van der Waals surface area contributed by atoms with E-state index in [4.69, 9.17) is 9.52 Å². The summed E-state index contributed by atoms with van der Waals surface area (Å²) in [4.78, 5) is 26.6. The molecule has 19 heavy (non-hydrogen) atoms. The number of amides is 1. The van der Waals surface area contributed by atoms with Gasteiger partial charge in [-0.25, -0.2) is 9.78 Å². The summed E-state index contributed by atoms with van der Waals surface area (Å²) in [5.74, 6) is -0.857. The Morgan fingerprint density at radius 3 is 2.32 bits per heavy atom. The summed E-state index contributed by atoms with van der Waals surface area (Å²) in [6.07, 6.45) is 0. The van der Waals surface area contributed by atoms with Gasteiger partial charge in [-0.05, 0) is 31.2 Å². The number of nitrogens with zero attached hydrogens (tertiary/aromatic N) is 1. The number of benzene rings is 1. The van der Waals surface area contributed by atoms with Crippen LogP contribution in [-0.2, 0) is 0 Å². The van der Waals surface area contributed by atoms with Crippen molar-refractivity contribution in [1.29, 1.82) is 0 Å². The second-order valence-corrected chi connectivity index (χ2v) is 3.98. The number of anilines is 1. The molecule has 1 aromatic heterocycles. The molecule has 0 aliphatic carbocycles. The highest BCUT2D eigenvalue weighted by atomic mass is 16.4. The van der Waals surface area contributed by atoms with Gasteiger partial charge in [-0.3, -0.25) is 4.79 Å². The Balaban J connectivity index is 2.15. The van der Waals surface area contributed by atoms with Gasteiger partial charge in [0.25, 0.3) is 5.91 Å².